The Labute approximate surface area is 194 Å². The molecule has 0 atom stereocenters. The third kappa shape index (κ3) is 5.05. The lowest BCUT2D eigenvalue weighted by Crippen LogP contribution is -2.40. The number of amides is 1. The van der Waals surface area contributed by atoms with Gasteiger partial charge in [0.1, 0.15) is 12.3 Å². The van der Waals surface area contributed by atoms with Crippen molar-refractivity contribution < 1.29 is 22.7 Å². The molecule has 9 heteroatoms. The number of anilines is 1. The number of para-hydroxylation sites is 1. The molecule has 0 aliphatic carbocycles. The minimum atomic E-state index is -3.71. The zero-order valence-corrected chi connectivity index (χ0v) is 19.9. The van der Waals surface area contributed by atoms with Crippen molar-refractivity contribution in [1.29, 1.82) is 0 Å². The number of ether oxygens (including phenoxy) is 2. The van der Waals surface area contributed by atoms with Crippen molar-refractivity contribution in [3.63, 3.8) is 0 Å². The van der Waals surface area contributed by atoms with Gasteiger partial charge in [0, 0.05) is 24.3 Å². The van der Waals surface area contributed by atoms with Crippen molar-refractivity contribution >= 4 is 32.5 Å². The smallest absolute Gasteiger partial charge is 0.244 e. The number of aryl methyl sites for hydroxylation is 1. The summed E-state index contributed by atoms with van der Waals surface area (Å²) in [6.07, 6.45) is -0.141. The van der Waals surface area contributed by atoms with Crippen molar-refractivity contribution in [2.75, 3.05) is 31.6 Å². The fourth-order valence-corrected chi connectivity index (χ4v) is 5.39. The molecule has 1 aliphatic rings. The second-order valence-corrected chi connectivity index (χ2v) is 10.3. The first kappa shape index (κ1) is 23.3. The lowest BCUT2D eigenvalue weighted by atomic mass is 10.2. The molecule has 2 aromatic carbocycles. The van der Waals surface area contributed by atoms with Gasteiger partial charge in [0.2, 0.25) is 15.9 Å². The highest BCUT2D eigenvalue weighted by Gasteiger charge is 2.27. The summed E-state index contributed by atoms with van der Waals surface area (Å²) in [7, 11) is -3.71. The summed E-state index contributed by atoms with van der Waals surface area (Å²) in [6, 6.07) is 14.5. The highest BCUT2D eigenvalue weighted by molar-refractivity contribution is 7.89. The van der Waals surface area contributed by atoms with Gasteiger partial charge >= 0.3 is 0 Å². The van der Waals surface area contributed by atoms with E-state index in [1.54, 1.807) is 6.07 Å². The molecule has 4 rings (SSSR count). The molecule has 1 N–H and O–H groups in total. The Morgan fingerprint density at radius 2 is 1.85 bits per heavy atom. The summed E-state index contributed by atoms with van der Waals surface area (Å²) in [5.41, 5.74) is 2.26. The molecule has 33 heavy (non-hydrogen) atoms. The maximum atomic E-state index is 13.1. The largest absolute Gasteiger partial charge is 0.489 e. The molecular weight excluding hydrogens is 442 g/mol. The molecule has 1 aromatic heterocycles. The number of aromatic nitrogens is 1. The number of fused-ring (bicyclic) bond motifs is 1. The Morgan fingerprint density at radius 1 is 1.12 bits per heavy atom. The molecule has 2 heterocycles. The number of morpholine rings is 1. The van der Waals surface area contributed by atoms with Crippen LogP contribution in [0.1, 0.15) is 19.5 Å². The third-order valence-electron chi connectivity index (χ3n) is 5.52. The SMILES string of the molecule is Cc1cc2ccccc2n1CC(=O)Nc1cc(S(=O)(=O)N2CCOCC2)ccc1OC(C)C. The average molecular weight is 472 g/mol. The van der Waals surface area contributed by atoms with Crippen LogP contribution in [0.15, 0.2) is 53.4 Å². The summed E-state index contributed by atoms with van der Waals surface area (Å²) in [4.78, 5) is 13.1. The Kier molecular flexibility index (Phi) is 6.73. The maximum absolute atomic E-state index is 13.1. The molecule has 0 spiro atoms. The van der Waals surface area contributed by atoms with Crippen LogP contribution < -0.4 is 10.1 Å². The van der Waals surface area contributed by atoms with E-state index in [0.717, 1.165) is 16.6 Å². The van der Waals surface area contributed by atoms with Crippen LogP contribution in [0.4, 0.5) is 5.69 Å². The van der Waals surface area contributed by atoms with Crippen LogP contribution >= 0.6 is 0 Å². The molecule has 0 unspecified atom stereocenters. The van der Waals surface area contributed by atoms with Gasteiger partial charge in [-0.1, -0.05) is 18.2 Å². The molecule has 8 nitrogen and oxygen atoms in total. The highest BCUT2D eigenvalue weighted by atomic mass is 32.2. The van der Waals surface area contributed by atoms with Gasteiger partial charge in [-0.2, -0.15) is 4.31 Å². The van der Waals surface area contributed by atoms with Crippen LogP contribution in [0.5, 0.6) is 5.75 Å². The van der Waals surface area contributed by atoms with Crippen molar-refractivity contribution in [3.8, 4) is 5.75 Å². The number of nitrogens with one attached hydrogen (secondary N) is 1. The van der Waals surface area contributed by atoms with Crippen LogP contribution in [-0.2, 0) is 26.1 Å². The topological polar surface area (TPSA) is 89.9 Å². The standard InChI is InChI=1S/C24H29N3O5S/c1-17(2)32-23-9-8-20(33(29,30)26-10-12-31-13-11-26)15-21(23)25-24(28)16-27-18(3)14-19-6-4-5-7-22(19)27/h4-9,14-15,17H,10-13,16H2,1-3H3,(H,25,28). The molecule has 1 amide bonds. The van der Waals surface area contributed by atoms with E-state index in [9.17, 15) is 13.2 Å². The second kappa shape index (κ2) is 9.54. The van der Waals surface area contributed by atoms with E-state index in [0.29, 0.717) is 37.7 Å². The van der Waals surface area contributed by atoms with E-state index in [-0.39, 0.29) is 23.5 Å². The number of carbonyl (C=O) groups excluding carboxylic acids is 1. The number of sulfonamides is 1. The number of carbonyl (C=O) groups is 1. The van der Waals surface area contributed by atoms with Crippen molar-refractivity contribution in [2.24, 2.45) is 0 Å². The van der Waals surface area contributed by atoms with Crippen LogP contribution in [0.3, 0.4) is 0 Å². The average Bonchev–Trinajstić information content (AvgIpc) is 3.10. The minimum absolute atomic E-state index is 0.0981. The molecule has 0 radical (unpaired) electrons. The molecule has 0 saturated carbocycles. The van der Waals surface area contributed by atoms with Crippen LogP contribution in [0.2, 0.25) is 0 Å². The first-order valence-corrected chi connectivity index (χ1v) is 12.4. The number of benzene rings is 2. The molecule has 176 valence electrons. The summed E-state index contributed by atoms with van der Waals surface area (Å²) in [6.45, 7) is 7.13. The molecule has 0 bridgehead atoms. The normalized spacial score (nSPS) is 15.2. The van der Waals surface area contributed by atoms with Crippen molar-refractivity contribution in [3.05, 3.63) is 54.2 Å². The van der Waals surface area contributed by atoms with E-state index < -0.39 is 10.0 Å². The molecule has 1 fully saturated rings. The fourth-order valence-electron chi connectivity index (χ4n) is 3.95. The zero-order valence-electron chi connectivity index (χ0n) is 19.1. The fraction of sp³-hybridized carbons (Fsp3) is 0.375. The summed E-state index contributed by atoms with van der Waals surface area (Å²) in [5, 5.41) is 3.93. The van der Waals surface area contributed by atoms with Gasteiger partial charge < -0.3 is 19.4 Å². The van der Waals surface area contributed by atoms with E-state index in [2.05, 4.69) is 5.32 Å². The lowest BCUT2D eigenvalue weighted by molar-refractivity contribution is -0.116. The summed E-state index contributed by atoms with van der Waals surface area (Å²) < 4.78 is 40.7. The monoisotopic (exact) mass is 471 g/mol. The van der Waals surface area contributed by atoms with Gasteiger partial charge in [0.05, 0.1) is 29.9 Å². The molecule has 1 aliphatic heterocycles. The highest BCUT2D eigenvalue weighted by Crippen LogP contribution is 2.30. The number of hydrogen-bond donors (Lipinski definition) is 1. The first-order chi connectivity index (χ1) is 15.8. The number of rotatable bonds is 7. The second-order valence-electron chi connectivity index (χ2n) is 8.32. The van der Waals surface area contributed by atoms with Gasteiger partial charge in [-0.3, -0.25) is 4.79 Å². The van der Waals surface area contributed by atoms with Crippen LogP contribution in [-0.4, -0.2) is 55.6 Å². The first-order valence-electron chi connectivity index (χ1n) is 11.0. The maximum Gasteiger partial charge on any atom is 0.244 e. The van der Waals surface area contributed by atoms with E-state index in [1.165, 1.54) is 16.4 Å². The lowest BCUT2D eigenvalue weighted by Gasteiger charge is -2.26. The van der Waals surface area contributed by atoms with Crippen LogP contribution in [0.25, 0.3) is 10.9 Å². The Balaban J connectivity index is 1.62. The van der Waals surface area contributed by atoms with Crippen molar-refractivity contribution in [1.82, 2.24) is 8.87 Å². The predicted octanol–water partition coefficient (Wildman–Crippen LogP) is 3.40. The van der Waals surface area contributed by atoms with Gasteiger partial charge in [0.15, 0.2) is 0 Å². The quantitative estimate of drug-likeness (QED) is 0.571. The predicted molar refractivity (Wildman–Crippen MR) is 127 cm³/mol. The Morgan fingerprint density at radius 3 is 2.58 bits per heavy atom. The van der Waals surface area contributed by atoms with Gasteiger partial charge in [0.25, 0.3) is 0 Å². The minimum Gasteiger partial charge on any atom is -0.489 e. The molecule has 3 aromatic rings. The van der Waals surface area contributed by atoms with Gasteiger partial charge in [-0.05, 0) is 56.5 Å². The summed E-state index contributed by atoms with van der Waals surface area (Å²) in [5.74, 6) is 0.155. The van der Waals surface area contributed by atoms with E-state index >= 15 is 0 Å². The van der Waals surface area contributed by atoms with E-state index in [4.69, 9.17) is 9.47 Å². The van der Waals surface area contributed by atoms with Gasteiger partial charge in [-0.15, -0.1) is 0 Å². The Bertz CT molecular complexity index is 1260. The number of nitrogens with zero attached hydrogens (tertiary/aromatic N) is 2. The molecule has 1 saturated heterocycles. The van der Waals surface area contributed by atoms with Crippen molar-refractivity contribution in [2.45, 2.75) is 38.3 Å². The Hall–Kier alpha value is -2.88. The summed E-state index contributed by atoms with van der Waals surface area (Å²) >= 11 is 0. The number of hydrogen-bond acceptors (Lipinski definition) is 5. The zero-order chi connectivity index (χ0) is 23.6. The van der Waals surface area contributed by atoms with Gasteiger partial charge in [-0.25, -0.2) is 8.42 Å². The third-order valence-corrected chi connectivity index (χ3v) is 7.41. The molecular formula is C24H29N3O5S. The van der Waals surface area contributed by atoms with E-state index in [1.807, 2.05) is 55.7 Å². The van der Waals surface area contributed by atoms with Crippen LogP contribution in [0, 0.1) is 6.92 Å².